The van der Waals surface area contributed by atoms with Crippen LogP contribution in [0.15, 0.2) is 12.3 Å². The van der Waals surface area contributed by atoms with E-state index in [9.17, 15) is 0 Å². The number of hydrogen-bond donors (Lipinski definition) is 2. The van der Waals surface area contributed by atoms with Gasteiger partial charge in [-0.15, -0.1) is 0 Å². The van der Waals surface area contributed by atoms with Crippen LogP contribution in [0.1, 0.15) is 38.3 Å². The molecule has 2 rings (SSSR count). The zero-order valence-electron chi connectivity index (χ0n) is 11.7. The summed E-state index contributed by atoms with van der Waals surface area (Å²) in [6.07, 6.45) is 8.24. The van der Waals surface area contributed by atoms with Crippen LogP contribution in [0.3, 0.4) is 0 Å². The molecule has 0 amide bonds. The third-order valence-electron chi connectivity index (χ3n) is 3.85. The molecule has 0 radical (unpaired) electrons. The predicted molar refractivity (Wildman–Crippen MR) is 74.6 cm³/mol. The molecule has 0 aromatic carbocycles. The first-order chi connectivity index (χ1) is 8.75. The first kappa shape index (κ1) is 13.6. The van der Waals surface area contributed by atoms with Crippen LogP contribution in [0.2, 0.25) is 0 Å². The van der Waals surface area contributed by atoms with Crippen molar-refractivity contribution in [2.24, 2.45) is 7.05 Å². The minimum Gasteiger partial charge on any atom is -0.314 e. The topological polar surface area (TPSA) is 41.9 Å². The van der Waals surface area contributed by atoms with E-state index in [1.54, 1.807) is 0 Å². The molecular weight excluding hydrogens is 224 g/mol. The van der Waals surface area contributed by atoms with E-state index in [0.717, 1.165) is 19.0 Å². The van der Waals surface area contributed by atoms with Crippen LogP contribution in [0.5, 0.6) is 0 Å². The second-order valence-corrected chi connectivity index (χ2v) is 5.43. The maximum Gasteiger partial charge on any atom is 0.0492 e. The SMILES string of the molecule is CC(CC1CCCCN1)NCCc1ccnn1C. The Balaban J connectivity index is 1.62. The monoisotopic (exact) mass is 250 g/mol. The van der Waals surface area contributed by atoms with Gasteiger partial charge in [-0.05, 0) is 38.8 Å². The highest BCUT2D eigenvalue weighted by Crippen LogP contribution is 2.11. The molecule has 1 saturated heterocycles. The molecule has 2 unspecified atom stereocenters. The highest BCUT2D eigenvalue weighted by molar-refractivity contribution is 5.00. The molecule has 18 heavy (non-hydrogen) atoms. The molecule has 0 aliphatic carbocycles. The Morgan fingerprint density at radius 1 is 1.56 bits per heavy atom. The summed E-state index contributed by atoms with van der Waals surface area (Å²) in [6, 6.07) is 3.40. The van der Waals surface area contributed by atoms with Crippen molar-refractivity contribution in [2.45, 2.75) is 51.1 Å². The Bertz CT molecular complexity index is 341. The highest BCUT2D eigenvalue weighted by atomic mass is 15.3. The molecule has 1 aromatic rings. The lowest BCUT2D eigenvalue weighted by molar-refractivity contribution is 0.345. The second kappa shape index (κ2) is 6.90. The van der Waals surface area contributed by atoms with Gasteiger partial charge in [-0.2, -0.15) is 5.10 Å². The molecule has 0 spiro atoms. The first-order valence-electron chi connectivity index (χ1n) is 7.19. The van der Waals surface area contributed by atoms with Gasteiger partial charge in [-0.3, -0.25) is 4.68 Å². The fourth-order valence-electron chi connectivity index (χ4n) is 2.73. The normalized spacial score (nSPS) is 22.0. The molecule has 2 heterocycles. The summed E-state index contributed by atoms with van der Waals surface area (Å²) in [7, 11) is 2.00. The molecule has 4 heteroatoms. The summed E-state index contributed by atoms with van der Waals surface area (Å²) in [6.45, 7) is 4.53. The van der Waals surface area contributed by atoms with E-state index in [1.807, 2.05) is 17.9 Å². The van der Waals surface area contributed by atoms with Crippen molar-refractivity contribution >= 4 is 0 Å². The van der Waals surface area contributed by atoms with Gasteiger partial charge in [-0.25, -0.2) is 0 Å². The molecule has 1 aliphatic heterocycles. The number of piperidine rings is 1. The van der Waals surface area contributed by atoms with Gasteiger partial charge in [0.25, 0.3) is 0 Å². The van der Waals surface area contributed by atoms with Crippen LogP contribution in [0, 0.1) is 0 Å². The largest absolute Gasteiger partial charge is 0.314 e. The van der Waals surface area contributed by atoms with Gasteiger partial charge in [0.1, 0.15) is 0 Å². The molecule has 0 bridgehead atoms. The minimum absolute atomic E-state index is 0.592. The summed E-state index contributed by atoms with van der Waals surface area (Å²) in [5, 5.41) is 11.4. The number of hydrogen-bond acceptors (Lipinski definition) is 3. The molecule has 1 aromatic heterocycles. The van der Waals surface area contributed by atoms with Gasteiger partial charge in [0.2, 0.25) is 0 Å². The lowest BCUT2D eigenvalue weighted by atomic mass is 9.99. The summed E-state index contributed by atoms with van der Waals surface area (Å²) in [5.41, 5.74) is 1.30. The van der Waals surface area contributed by atoms with Crippen molar-refractivity contribution in [1.82, 2.24) is 20.4 Å². The number of aromatic nitrogens is 2. The second-order valence-electron chi connectivity index (χ2n) is 5.43. The summed E-state index contributed by atoms with van der Waals surface area (Å²) in [5.74, 6) is 0. The summed E-state index contributed by atoms with van der Waals surface area (Å²) >= 11 is 0. The number of rotatable bonds is 6. The van der Waals surface area contributed by atoms with E-state index in [2.05, 4.69) is 28.7 Å². The van der Waals surface area contributed by atoms with E-state index >= 15 is 0 Å². The van der Waals surface area contributed by atoms with E-state index in [1.165, 1.54) is 37.9 Å². The zero-order chi connectivity index (χ0) is 12.8. The summed E-state index contributed by atoms with van der Waals surface area (Å²) in [4.78, 5) is 0. The Labute approximate surface area is 110 Å². The van der Waals surface area contributed by atoms with E-state index in [-0.39, 0.29) is 0 Å². The number of nitrogens with zero attached hydrogens (tertiary/aromatic N) is 2. The Morgan fingerprint density at radius 3 is 3.11 bits per heavy atom. The lowest BCUT2D eigenvalue weighted by Gasteiger charge is -2.26. The molecule has 2 N–H and O–H groups in total. The highest BCUT2D eigenvalue weighted by Gasteiger charge is 2.15. The van der Waals surface area contributed by atoms with Crippen molar-refractivity contribution in [3.63, 3.8) is 0 Å². The van der Waals surface area contributed by atoms with Gasteiger partial charge in [0.15, 0.2) is 0 Å². The smallest absolute Gasteiger partial charge is 0.0492 e. The van der Waals surface area contributed by atoms with Crippen molar-refractivity contribution in [2.75, 3.05) is 13.1 Å². The fourth-order valence-corrected chi connectivity index (χ4v) is 2.73. The van der Waals surface area contributed by atoms with Gasteiger partial charge in [0.05, 0.1) is 0 Å². The van der Waals surface area contributed by atoms with Crippen molar-refractivity contribution in [3.05, 3.63) is 18.0 Å². The first-order valence-corrected chi connectivity index (χ1v) is 7.19. The Hall–Kier alpha value is -0.870. The Morgan fingerprint density at radius 2 is 2.44 bits per heavy atom. The van der Waals surface area contributed by atoms with Gasteiger partial charge in [-0.1, -0.05) is 6.42 Å². The van der Waals surface area contributed by atoms with Crippen LogP contribution in [-0.4, -0.2) is 35.0 Å². The van der Waals surface area contributed by atoms with E-state index < -0.39 is 0 Å². The maximum absolute atomic E-state index is 4.19. The lowest BCUT2D eigenvalue weighted by Crippen LogP contribution is -2.40. The number of nitrogens with one attached hydrogen (secondary N) is 2. The van der Waals surface area contributed by atoms with Crippen LogP contribution in [0.4, 0.5) is 0 Å². The molecule has 1 fully saturated rings. The molecule has 4 nitrogen and oxygen atoms in total. The third-order valence-corrected chi connectivity index (χ3v) is 3.85. The van der Waals surface area contributed by atoms with E-state index in [4.69, 9.17) is 0 Å². The molecular formula is C14H26N4. The van der Waals surface area contributed by atoms with Crippen molar-refractivity contribution < 1.29 is 0 Å². The molecule has 1 aliphatic rings. The Kier molecular flexibility index (Phi) is 5.20. The van der Waals surface area contributed by atoms with E-state index in [0.29, 0.717) is 6.04 Å². The zero-order valence-corrected chi connectivity index (χ0v) is 11.7. The van der Waals surface area contributed by atoms with Crippen molar-refractivity contribution in [3.8, 4) is 0 Å². The minimum atomic E-state index is 0.592. The van der Waals surface area contributed by atoms with Crippen LogP contribution in [0.25, 0.3) is 0 Å². The van der Waals surface area contributed by atoms with Crippen LogP contribution >= 0.6 is 0 Å². The van der Waals surface area contributed by atoms with Crippen molar-refractivity contribution in [1.29, 1.82) is 0 Å². The molecule has 2 atom stereocenters. The standard InChI is InChI=1S/C14H26N4/c1-12(11-13-5-3-4-8-16-13)15-9-6-14-7-10-17-18(14)2/h7,10,12-13,15-16H,3-6,8-9,11H2,1-2H3. The fraction of sp³-hybridized carbons (Fsp3) is 0.786. The van der Waals surface area contributed by atoms with Gasteiger partial charge < -0.3 is 10.6 Å². The predicted octanol–water partition coefficient (Wildman–Crippen LogP) is 1.47. The average Bonchev–Trinajstić information content (AvgIpc) is 2.76. The summed E-state index contributed by atoms with van der Waals surface area (Å²) < 4.78 is 1.95. The maximum atomic E-state index is 4.19. The number of aryl methyl sites for hydroxylation is 1. The molecule has 102 valence electrons. The molecule has 0 saturated carbocycles. The van der Waals surface area contributed by atoms with Crippen LogP contribution in [-0.2, 0) is 13.5 Å². The van der Waals surface area contributed by atoms with Gasteiger partial charge in [0, 0.05) is 44.0 Å². The van der Waals surface area contributed by atoms with Gasteiger partial charge >= 0.3 is 0 Å². The average molecular weight is 250 g/mol. The third kappa shape index (κ3) is 4.10. The van der Waals surface area contributed by atoms with Crippen LogP contribution < -0.4 is 10.6 Å². The quantitative estimate of drug-likeness (QED) is 0.803.